The highest BCUT2D eigenvalue weighted by Gasteiger charge is 2.20. The van der Waals surface area contributed by atoms with Crippen LogP contribution in [0.3, 0.4) is 0 Å². The van der Waals surface area contributed by atoms with Crippen LogP contribution in [-0.2, 0) is 0 Å². The number of likely N-dealkylation sites (tertiary alicyclic amines) is 1. The summed E-state index contributed by atoms with van der Waals surface area (Å²) in [6.07, 6.45) is 2.05. The minimum Gasteiger partial charge on any atom is -0.295 e. The summed E-state index contributed by atoms with van der Waals surface area (Å²) >= 11 is 3.04. The molecule has 0 amide bonds. The van der Waals surface area contributed by atoms with E-state index in [1.54, 1.807) is 6.08 Å². The van der Waals surface area contributed by atoms with Crippen molar-refractivity contribution in [2.24, 2.45) is 0 Å². The molecule has 1 aliphatic rings. The van der Waals surface area contributed by atoms with E-state index in [0.29, 0.717) is 30.5 Å². The van der Waals surface area contributed by atoms with E-state index in [1.165, 1.54) is 12.1 Å². The minimum absolute atomic E-state index is 0.00154. The van der Waals surface area contributed by atoms with Crippen molar-refractivity contribution in [3.8, 4) is 0 Å². The Morgan fingerprint density at radius 2 is 1.83 bits per heavy atom. The molecule has 0 bridgehead atoms. The summed E-state index contributed by atoms with van der Waals surface area (Å²) in [7, 11) is 0. The SMILES string of the molecule is FCCCN1CC(=Cc2c(F)cc(Br)cc2F)C1. The molecule has 0 saturated carbocycles. The molecule has 1 aliphatic heterocycles. The topological polar surface area (TPSA) is 3.24 Å². The van der Waals surface area contributed by atoms with Gasteiger partial charge in [0.2, 0.25) is 0 Å². The van der Waals surface area contributed by atoms with E-state index in [9.17, 15) is 13.2 Å². The quantitative estimate of drug-likeness (QED) is 0.816. The Balaban J connectivity index is 2.03. The Bertz CT molecular complexity index is 442. The predicted octanol–water partition coefficient (Wildman–Crippen LogP) is 3.79. The molecule has 0 aliphatic carbocycles. The molecule has 18 heavy (non-hydrogen) atoms. The van der Waals surface area contributed by atoms with Gasteiger partial charge < -0.3 is 0 Å². The molecule has 1 aromatic rings. The van der Waals surface area contributed by atoms with Crippen LogP contribution in [0.5, 0.6) is 0 Å². The smallest absolute Gasteiger partial charge is 0.134 e. The molecule has 1 heterocycles. The fraction of sp³-hybridized carbons (Fsp3) is 0.385. The van der Waals surface area contributed by atoms with Crippen LogP contribution in [0.1, 0.15) is 12.0 Å². The molecule has 1 aromatic carbocycles. The van der Waals surface area contributed by atoms with E-state index >= 15 is 0 Å². The van der Waals surface area contributed by atoms with Crippen molar-refractivity contribution in [3.63, 3.8) is 0 Å². The van der Waals surface area contributed by atoms with Crippen molar-refractivity contribution in [2.75, 3.05) is 26.3 Å². The zero-order valence-corrected chi connectivity index (χ0v) is 11.3. The molecule has 0 atom stereocenters. The van der Waals surface area contributed by atoms with Gasteiger partial charge in [0.1, 0.15) is 11.6 Å². The molecule has 1 fully saturated rings. The number of benzene rings is 1. The summed E-state index contributed by atoms with van der Waals surface area (Å²) in [5, 5.41) is 0. The van der Waals surface area contributed by atoms with Crippen LogP contribution >= 0.6 is 15.9 Å². The van der Waals surface area contributed by atoms with Crippen LogP contribution in [0, 0.1) is 11.6 Å². The maximum atomic E-state index is 13.6. The molecular weight excluding hydrogens is 307 g/mol. The van der Waals surface area contributed by atoms with Crippen LogP contribution in [-0.4, -0.2) is 31.2 Å². The number of halogens is 4. The fourth-order valence-corrected chi connectivity index (χ4v) is 2.36. The lowest BCUT2D eigenvalue weighted by molar-refractivity contribution is 0.239. The van der Waals surface area contributed by atoms with E-state index < -0.39 is 11.6 Å². The van der Waals surface area contributed by atoms with Gasteiger partial charge in [-0.15, -0.1) is 0 Å². The van der Waals surface area contributed by atoms with Gasteiger partial charge in [-0.2, -0.15) is 0 Å². The molecule has 98 valence electrons. The Labute approximate surface area is 112 Å². The van der Waals surface area contributed by atoms with Crippen LogP contribution in [0.2, 0.25) is 0 Å². The van der Waals surface area contributed by atoms with Crippen molar-refractivity contribution in [1.29, 1.82) is 0 Å². The lowest BCUT2D eigenvalue weighted by atomic mass is 10.0. The highest BCUT2D eigenvalue weighted by Crippen LogP contribution is 2.24. The van der Waals surface area contributed by atoms with E-state index in [4.69, 9.17) is 0 Å². The van der Waals surface area contributed by atoms with Crippen molar-refractivity contribution >= 4 is 22.0 Å². The van der Waals surface area contributed by atoms with Gasteiger partial charge in [0, 0.05) is 29.7 Å². The maximum Gasteiger partial charge on any atom is 0.134 e. The van der Waals surface area contributed by atoms with Crippen LogP contribution in [0.15, 0.2) is 22.2 Å². The van der Waals surface area contributed by atoms with Crippen LogP contribution < -0.4 is 0 Å². The Kier molecular flexibility index (Phi) is 4.45. The second kappa shape index (κ2) is 5.89. The highest BCUT2D eigenvalue weighted by atomic mass is 79.9. The largest absolute Gasteiger partial charge is 0.295 e. The summed E-state index contributed by atoms with van der Waals surface area (Å²) < 4.78 is 39.5. The third-order valence-corrected chi connectivity index (χ3v) is 3.31. The van der Waals surface area contributed by atoms with Gasteiger partial charge in [-0.05, 0) is 30.2 Å². The third-order valence-electron chi connectivity index (χ3n) is 2.85. The summed E-state index contributed by atoms with van der Waals surface area (Å²) in [5.74, 6) is -1.15. The molecule has 2 rings (SSSR count). The van der Waals surface area contributed by atoms with E-state index in [0.717, 1.165) is 5.57 Å². The molecule has 0 radical (unpaired) electrons. The monoisotopic (exact) mass is 319 g/mol. The molecule has 0 unspecified atom stereocenters. The summed E-state index contributed by atoms with van der Waals surface area (Å²) in [6, 6.07) is 2.49. The number of alkyl halides is 1. The second-order valence-corrected chi connectivity index (χ2v) is 5.25. The van der Waals surface area contributed by atoms with E-state index in [2.05, 4.69) is 15.9 Å². The second-order valence-electron chi connectivity index (χ2n) is 4.34. The first kappa shape index (κ1) is 13.6. The first-order valence-electron chi connectivity index (χ1n) is 5.72. The Morgan fingerprint density at radius 1 is 1.22 bits per heavy atom. The van der Waals surface area contributed by atoms with E-state index in [-0.39, 0.29) is 12.2 Å². The summed E-state index contributed by atoms with van der Waals surface area (Å²) in [4.78, 5) is 2.04. The summed E-state index contributed by atoms with van der Waals surface area (Å²) in [6.45, 7) is 1.69. The number of rotatable bonds is 4. The first-order chi connectivity index (χ1) is 8.60. The highest BCUT2D eigenvalue weighted by molar-refractivity contribution is 9.10. The number of hydrogen-bond acceptors (Lipinski definition) is 1. The lowest BCUT2D eigenvalue weighted by Crippen LogP contribution is -2.40. The maximum absolute atomic E-state index is 13.6. The van der Waals surface area contributed by atoms with Crippen molar-refractivity contribution in [1.82, 2.24) is 4.90 Å². The Hall–Kier alpha value is -0.810. The van der Waals surface area contributed by atoms with Gasteiger partial charge in [0.15, 0.2) is 0 Å². The van der Waals surface area contributed by atoms with Crippen molar-refractivity contribution in [3.05, 3.63) is 39.4 Å². The predicted molar refractivity (Wildman–Crippen MR) is 69.1 cm³/mol. The van der Waals surface area contributed by atoms with Crippen LogP contribution in [0.4, 0.5) is 13.2 Å². The molecule has 0 aromatic heterocycles. The van der Waals surface area contributed by atoms with Gasteiger partial charge >= 0.3 is 0 Å². The molecule has 0 spiro atoms. The number of nitrogens with zero attached hydrogens (tertiary/aromatic N) is 1. The molecule has 1 nitrogen and oxygen atoms in total. The zero-order chi connectivity index (χ0) is 13.1. The van der Waals surface area contributed by atoms with Crippen molar-refractivity contribution in [2.45, 2.75) is 6.42 Å². The Morgan fingerprint density at radius 3 is 2.39 bits per heavy atom. The van der Waals surface area contributed by atoms with Gasteiger partial charge in [0.05, 0.1) is 6.67 Å². The average Bonchev–Trinajstić information content (AvgIpc) is 2.24. The molecular formula is C13H13BrF3N. The first-order valence-corrected chi connectivity index (χ1v) is 6.52. The van der Waals surface area contributed by atoms with Crippen molar-refractivity contribution < 1.29 is 13.2 Å². The molecule has 5 heteroatoms. The molecule has 1 saturated heterocycles. The van der Waals surface area contributed by atoms with Gasteiger partial charge in [-0.3, -0.25) is 9.29 Å². The van der Waals surface area contributed by atoms with E-state index in [1.807, 2.05) is 4.90 Å². The standard InChI is InChI=1S/C13H13BrF3N/c14-10-5-12(16)11(13(17)6-10)4-9-7-18(8-9)3-1-2-15/h4-6H,1-3,7-8H2. The van der Waals surface area contributed by atoms with Gasteiger partial charge in [0.25, 0.3) is 0 Å². The third kappa shape index (κ3) is 3.14. The average molecular weight is 320 g/mol. The number of hydrogen-bond donors (Lipinski definition) is 0. The zero-order valence-electron chi connectivity index (χ0n) is 9.73. The van der Waals surface area contributed by atoms with Crippen LogP contribution in [0.25, 0.3) is 6.08 Å². The molecule has 0 N–H and O–H groups in total. The lowest BCUT2D eigenvalue weighted by Gasteiger charge is -2.33. The normalized spacial score (nSPS) is 15.7. The summed E-state index contributed by atoms with van der Waals surface area (Å²) in [5.41, 5.74) is 0.965. The fourth-order valence-electron chi connectivity index (χ4n) is 1.96. The minimum atomic E-state index is -0.573. The van der Waals surface area contributed by atoms with Gasteiger partial charge in [-0.25, -0.2) is 8.78 Å². The van der Waals surface area contributed by atoms with Gasteiger partial charge in [-0.1, -0.05) is 15.9 Å².